The summed E-state index contributed by atoms with van der Waals surface area (Å²) in [6.07, 6.45) is 4.64. The summed E-state index contributed by atoms with van der Waals surface area (Å²) in [5.74, 6) is 1.17. The maximum Gasteiger partial charge on any atom is 0.306 e. The fourth-order valence-electron chi connectivity index (χ4n) is 2.34. The zero-order valence-electron chi connectivity index (χ0n) is 6.88. The van der Waals surface area contributed by atoms with Gasteiger partial charge in [-0.15, -0.1) is 0 Å². The van der Waals surface area contributed by atoms with Gasteiger partial charge in [0.15, 0.2) is 0 Å². The number of rotatable bonds is 0. The van der Waals surface area contributed by atoms with E-state index in [-0.39, 0.29) is 12.1 Å². The highest BCUT2D eigenvalue weighted by atomic mass is 16.6. The molecule has 1 heterocycles. The predicted octanol–water partition coefficient (Wildman–Crippen LogP) is 1.74. The molecule has 0 radical (unpaired) electrons. The normalized spacial score (nSPS) is 43.4. The molecule has 62 valence electrons. The van der Waals surface area contributed by atoms with Crippen LogP contribution in [0.5, 0.6) is 0 Å². The van der Waals surface area contributed by atoms with Gasteiger partial charge < -0.3 is 4.74 Å². The lowest BCUT2D eigenvalue weighted by Crippen LogP contribution is -2.28. The Kier molecular flexibility index (Phi) is 1.63. The smallest absolute Gasteiger partial charge is 0.306 e. The SMILES string of the molecule is C[C@H]1CCC[C@H]2CC(=O)O[C@H]21. The Morgan fingerprint density at radius 2 is 2.27 bits per heavy atom. The summed E-state index contributed by atoms with van der Waals surface area (Å²) in [5, 5.41) is 0. The number of carbonyl (C=O) groups excluding carboxylic acids is 1. The number of ether oxygens (including phenoxy) is 1. The van der Waals surface area contributed by atoms with Crippen molar-refractivity contribution in [2.45, 2.75) is 38.7 Å². The third kappa shape index (κ3) is 1.15. The highest BCUT2D eigenvalue weighted by molar-refractivity contribution is 5.72. The van der Waals surface area contributed by atoms with Gasteiger partial charge >= 0.3 is 5.97 Å². The van der Waals surface area contributed by atoms with Crippen molar-refractivity contribution < 1.29 is 9.53 Å². The topological polar surface area (TPSA) is 26.3 Å². The van der Waals surface area contributed by atoms with E-state index in [1.54, 1.807) is 0 Å². The minimum absolute atomic E-state index is 0.0220. The van der Waals surface area contributed by atoms with Crippen molar-refractivity contribution in [3.8, 4) is 0 Å². The molecule has 2 aliphatic rings. The molecule has 0 amide bonds. The third-order valence-corrected chi connectivity index (χ3v) is 2.96. The van der Waals surface area contributed by atoms with Crippen LogP contribution in [0.4, 0.5) is 0 Å². The summed E-state index contributed by atoms with van der Waals surface area (Å²) in [6, 6.07) is 0. The van der Waals surface area contributed by atoms with E-state index in [0.717, 1.165) is 0 Å². The molecule has 0 aromatic heterocycles. The highest BCUT2D eigenvalue weighted by Gasteiger charge is 2.40. The van der Waals surface area contributed by atoms with Gasteiger partial charge in [0.25, 0.3) is 0 Å². The van der Waals surface area contributed by atoms with Crippen LogP contribution in [0, 0.1) is 11.8 Å². The molecule has 0 N–H and O–H groups in total. The second-order valence-electron chi connectivity index (χ2n) is 3.83. The average molecular weight is 154 g/mol. The minimum atomic E-state index is 0.0220. The zero-order valence-corrected chi connectivity index (χ0v) is 6.88. The van der Waals surface area contributed by atoms with Gasteiger partial charge in [0.2, 0.25) is 0 Å². The van der Waals surface area contributed by atoms with Gasteiger partial charge in [0.05, 0.1) is 6.42 Å². The van der Waals surface area contributed by atoms with Gasteiger partial charge in [0, 0.05) is 5.92 Å². The lowest BCUT2D eigenvalue weighted by atomic mass is 9.80. The second-order valence-corrected chi connectivity index (χ2v) is 3.83. The van der Waals surface area contributed by atoms with E-state index < -0.39 is 0 Å². The molecule has 1 aliphatic carbocycles. The number of esters is 1. The van der Waals surface area contributed by atoms with E-state index in [1.807, 2.05) is 0 Å². The fourth-order valence-corrected chi connectivity index (χ4v) is 2.34. The van der Waals surface area contributed by atoms with Crippen molar-refractivity contribution in [1.29, 1.82) is 0 Å². The second kappa shape index (κ2) is 2.50. The Labute approximate surface area is 66.9 Å². The molecular formula is C9H14O2. The van der Waals surface area contributed by atoms with Crippen LogP contribution in [-0.4, -0.2) is 12.1 Å². The maximum atomic E-state index is 10.9. The van der Waals surface area contributed by atoms with Crippen LogP contribution in [0.3, 0.4) is 0 Å². The Bertz CT molecular complexity index is 176. The summed E-state index contributed by atoms with van der Waals surface area (Å²) >= 11 is 0. The van der Waals surface area contributed by atoms with Gasteiger partial charge in [-0.1, -0.05) is 13.3 Å². The Balaban J connectivity index is 2.09. The number of hydrogen-bond donors (Lipinski definition) is 0. The van der Waals surface area contributed by atoms with E-state index in [0.29, 0.717) is 18.3 Å². The standard InChI is InChI=1S/C9H14O2/c1-6-3-2-4-7-5-8(10)11-9(6)7/h6-7,9H,2-5H2,1H3/t6-,7-,9-/m0/s1. The summed E-state index contributed by atoms with van der Waals surface area (Å²) in [7, 11) is 0. The first kappa shape index (κ1) is 7.14. The lowest BCUT2D eigenvalue weighted by Gasteiger charge is -2.28. The molecule has 2 rings (SSSR count). The molecule has 1 saturated carbocycles. The average Bonchev–Trinajstić information content (AvgIpc) is 2.31. The lowest BCUT2D eigenvalue weighted by molar-refractivity contribution is -0.143. The Hall–Kier alpha value is -0.530. The van der Waals surface area contributed by atoms with E-state index in [4.69, 9.17) is 4.74 Å². The zero-order chi connectivity index (χ0) is 7.84. The first-order valence-corrected chi connectivity index (χ1v) is 4.47. The maximum absolute atomic E-state index is 10.9. The predicted molar refractivity (Wildman–Crippen MR) is 41.0 cm³/mol. The van der Waals surface area contributed by atoms with Crippen molar-refractivity contribution in [3.63, 3.8) is 0 Å². The molecule has 1 aliphatic heterocycles. The van der Waals surface area contributed by atoms with Crippen molar-refractivity contribution in [3.05, 3.63) is 0 Å². The molecule has 2 nitrogen and oxygen atoms in total. The van der Waals surface area contributed by atoms with Crippen LogP contribution in [0.15, 0.2) is 0 Å². The first-order valence-electron chi connectivity index (χ1n) is 4.47. The molecule has 2 heteroatoms. The van der Waals surface area contributed by atoms with Crippen molar-refractivity contribution in [2.24, 2.45) is 11.8 Å². The van der Waals surface area contributed by atoms with E-state index in [2.05, 4.69) is 6.92 Å². The van der Waals surface area contributed by atoms with Crippen LogP contribution in [0.25, 0.3) is 0 Å². The highest BCUT2D eigenvalue weighted by Crippen LogP contribution is 2.37. The van der Waals surface area contributed by atoms with Gasteiger partial charge in [-0.2, -0.15) is 0 Å². The van der Waals surface area contributed by atoms with Crippen LogP contribution in [0.2, 0.25) is 0 Å². The molecule has 1 saturated heterocycles. The molecule has 0 aromatic carbocycles. The van der Waals surface area contributed by atoms with E-state index in [1.165, 1.54) is 19.3 Å². The number of carbonyl (C=O) groups is 1. The molecule has 0 aromatic rings. The van der Waals surface area contributed by atoms with Gasteiger partial charge in [0.1, 0.15) is 6.10 Å². The van der Waals surface area contributed by atoms with Crippen molar-refractivity contribution in [2.75, 3.05) is 0 Å². The largest absolute Gasteiger partial charge is 0.462 e. The molecule has 0 unspecified atom stereocenters. The van der Waals surface area contributed by atoms with E-state index in [9.17, 15) is 4.79 Å². The quantitative estimate of drug-likeness (QED) is 0.497. The van der Waals surface area contributed by atoms with Crippen molar-refractivity contribution >= 4 is 5.97 Å². The third-order valence-electron chi connectivity index (χ3n) is 2.96. The van der Waals surface area contributed by atoms with Crippen molar-refractivity contribution in [1.82, 2.24) is 0 Å². The van der Waals surface area contributed by atoms with E-state index >= 15 is 0 Å². The fraction of sp³-hybridized carbons (Fsp3) is 0.889. The van der Waals surface area contributed by atoms with Crippen LogP contribution in [-0.2, 0) is 9.53 Å². The molecule has 3 atom stereocenters. The van der Waals surface area contributed by atoms with Gasteiger partial charge in [-0.25, -0.2) is 0 Å². The van der Waals surface area contributed by atoms with Gasteiger partial charge in [-0.3, -0.25) is 4.79 Å². The Morgan fingerprint density at radius 1 is 1.45 bits per heavy atom. The molecule has 11 heavy (non-hydrogen) atoms. The van der Waals surface area contributed by atoms with Crippen LogP contribution < -0.4 is 0 Å². The first-order chi connectivity index (χ1) is 5.27. The van der Waals surface area contributed by atoms with Crippen LogP contribution in [0.1, 0.15) is 32.6 Å². The Morgan fingerprint density at radius 3 is 3.00 bits per heavy atom. The summed E-state index contributed by atoms with van der Waals surface area (Å²) in [6.45, 7) is 2.19. The molecular weight excluding hydrogens is 140 g/mol. The molecule has 0 spiro atoms. The summed E-state index contributed by atoms with van der Waals surface area (Å²) in [5.41, 5.74) is 0. The minimum Gasteiger partial charge on any atom is -0.462 e. The number of hydrogen-bond acceptors (Lipinski definition) is 2. The number of fused-ring (bicyclic) bond motifs is 1. The monoisotopic (exact) mass is 154 g/mol. The van der Waals surface area contributed by atoms with Crippen LogP contribution >= 0.6 is 0 Å². The molecule has 2 fully saturated rings. The summed E-state index contributed by atoms with van der Waals surface area (Å²) < 4.78 is 5.24. The molecule has 0 bridgehead atoms. The van der Waals surface area contributed by atoms with Gasteiger partial charge in [-0.05, 0) is 18.8 Å². The summed E-state index contributed by atoms with van der Waals surface area (Å²) in [4.78, 5) is 10.9.